The third-order valence-corrected chi connectivity index (χ3v) is 5.40. The van der Waals surface area contributed by atoms with Crippen molar-refractivity contribution < 1.29 is 23.1 Å². The number of carboxylic acid groups (broad SMARTS) is 1. The quantitative estimate of drug-likeness (QED) is 0.511. The second-order valence-corrected chi connectivity index (χ2v) is 7.61. The molecule has 3 aromatic rings. The predicted molar refractivity (Wildman–Crippen MR) is 110 cm³/mol. The fourth-order valence-electron chi connectivity index (χ4n) is 3.23. The van der Waals surface area contributed by atoms with Crippen molar-refractivity contribution in [3.05, 3.63) is 72.7 Å². The van der Waals surface area contributed by atoms with Crippen LogP contribution in [0.3, 0.4) is 0 Å². The first-order chi connectivity index (χ1) is 14.4. The summed E-state index contributed by atoms with van der Waals surface area (Å²) < 4.78 is 42.0. The molecule has 12 heteroatoms. The molecule has 2 aromatic heterocycles. The van der Waals surface area contributed by atoms with Crippen LogP contribution < -0.4 is 5.43 Å². The Morgan fingerprint density at radius 3 is 2.35 bits per heavy atom. The van der Waals surface area contributed by atoms with Gasteiger partial charge in [0.05, 0.1) is 22.3 Å². The molecular formula is C19H13Cl3F3N3O3. The van der Waals surface area contributed by atoms with E-state index in [1.807, 2.05) is 0 Å². The summed E-state index contributed by atoms with van der Waals surface area (Å²) in [6.07, 6.45) is -4.73. The van der Waals surface area contributed by atoms with Crippen LogP contribution in [0.2, 0.25) is 15.2 Å². The van der Waals surface area contributed by atoms with E-state index in [1.54, 1.807) is 6.92 Å². The number of pyridine rings is 1. The number of carboxylic acids is 1. The van der Waals surface area contributed by atoms with Gasteiger partial charge < -0.3 is 9.67 Å². The summed E-state index contributed by atoms with van der Waals surface area (Å²) in [5.74, 6) is -1.49. The van der Waals surface area contributed by atoms with Crippen molar-refractivity contribution in [2.45, 2.75) is 26.2 Å². The van der Waals surface area contributed by atoms with Gasteiger partial charge in [-0.25, -0.2) is 4.79 Å². The van der Waals surface area contributed by atoms with E-state index in [-0.39, 0.29) is 38.7 Å². The largest absolute Gasteiger partial charge is 0.477 e. The molecule has 0 amide bonds. The Morgan fingerprint density at radius 1 is 1.13 bits per heavy atom. The standard InChI is InChI=1S/C19H13Cl3F3N3O3/c1-2-27-10(8-28-14(19(23,24)25)7-15(22)26-28)6-13(29)16(18(30)31)17(27)9-3-4-11(20)12(21)5-9/h3-7H,2,8H2,1H3,(H,30,31). The minimum atomic E-state index is -4.73. The molecule has 0 atom stereocenters. The van der Waals surface area contributed by atoms with Gasteiger partial charge in [0, 0.05) is 29.9 Å². The summed E-state index contributed by atoms with van der Waals surface area (Å²) >= 11 is 17.6. The zero-order valence-corrected chi connectivity index (χ0v) is 17.9. The molecule has 0 aliphatic rings. The van der Waals surface area contributed by atoms with Crippen molar-refractivity contribution >= 4 is 40.8 Å². The molecule has 1 aromatic carbocycles. The molecule has 0 unspecified atom stereocenters. The number of aromatic nitrogens is 3. The van der Waals surface area contributed by atoms with Crippen LogP contribution in [0.25, 0.3) is 11.3 Å². The summed E-state index contributed by atoms with van der Waals surface area (Å²) in [5.41, 5.74) is -2.17. The molecule has 1 N–H and O–H groups in total. The number of nitrogens with zero attached hydrogens (tertiary/aromatic N) is 3. The molecule has 2 heterocycles. The van der Waals surface area contributed by atoms with Crippen LogP contribution in [0.1, 0.15) is 28.7 Å². The maximum Gasteiger partial charge on any atom is 0.433 e. The molecule has 6 nitrogen and oxygen atoms in total. The maximum atomic E-state index is 13.3. The number of hydrogen-bond acceptors (Lipinski definition) is 3. The van der Waals surface area contributed by atoms with Gasteiger partial charge >= 0.3 is 12.1 Å². The van der Waals surface area contributed by atoms with E-state index < -0.39 is 35.4 Å². The summed E-state index contributed by atoms with van der Waals surface area (Å²) in [6, 6.07) is 5.92. The predicted octanol–water partition coefficient (Wildman–Crippen LogP) is 5.46. The van der Waals surface area contributed by atoms with Crippen molar-refractivity contribution in [1.29, 1.82) is 0 Å². The Hall–Kier alpha value is -2.49. The fourth-order valence-corrected chi connectivity index (χ4v) is 3.72. The van der Waals surface area contributed by atoms with E-state index in [0.29, 0.717) is 10.7 Å². The average Bonchev–Trinajstić information content (AvgIpc) is 3.03. The molecule has 0 radical (unpaired) electrons. The lowest BCUT2D eigenvalue weighted by Crippen LogP contribution is -2.25. The monoisotopic (exact) mass is 493 g/mol. The number of hydrogen-bond donors (Lipinski definition) is 1. The Morgan fingerprint density at radius 2 is 1.81 bits per heavy atom. The highest BCUT2D eigenvalue weighted by atomic mass is 35.5. The molecule has 3 rings (SSSR count). The lowest BCUT2D eigenvalue weighted by molar-refractivity contribution is -0.144. The van der Waals surface area contributed by atoms with E-state index >= 15 is 0 Å². The van der Waals surface area contributed by atoms with E-state index in [2.05, 4.69) is 5.10 Å². The number of halogens is 6. The SMILES string of the molecule is CCn1c(Cn2nc(Cl)cc2C(F)(F)F)cc(=O)c(C(=O)O)c1-c1ccc(Cl)c(Cl)c1. The van der Waals surface area contributed by atoms with Gasteiger partial charge in [-0.2, -0.15) is 18.3 Å². The van der Waals surface area contributed by atoms with Crippen LogP contribution in [0, 0.1) is 0 Å². The Kier molecular flexibility index (Phi) is 6.40. The van der Waals surface area contributed by atoms with Gasteiger partial charge in [-0.3, -0.25) is 9.48 Å². The van der Waals surface area contributed by atoms with Crippen LogP contribution in [0.15, 0.2) is 35.1 Å². The number of aromatic carboxylic acids is 1. The van der Waals surface area contributed by atoms with E-state index in [9.17, 15) is 27.9 Å². The molecule has 31 heavy (non-hydrogen) atoms. The van der Waals surface area contributed by atoms with Crippen molar-refractivity contribution in [2.75, 3.05) is 0 Å². The summed E-state index contributed by atoms with van der Waals surface area (Å²) in [7, 11) is 0. The van der Waals surface area contributed by atoms with E-state index in [4.69, 9.17) is 34.8 Å². The highest BCUT2D eigenvalue weighted by Gasteiger charge is 2.36. The van der Waals surface area contributed by atoms with Gasteiger partial charge in [0.15, 0.2) is 10.6 Å². The van der Waals surface area contributed by atoms with Crippen LogP contribution in [-0.4, -0.2) is 25.4 Å². The molecule has 0 saturated heterocycles. The Labute approximate surface area is 188 Å². The Bertz CT molecular complexity index is 1240. The van der Waals surface area contributed by atoms with Crippen LogP contribution in [0.4, 0.5) is 13.2 Å². The van der Waals surface area contributed by atoms with Gasteiger partial charge in [-0.15, -0.1) is 0 Å². The van der Waals surface area contributed by atoms with Crippen molar-refractivity contribution in [1.82, 2.24) is 14.3 Å². The zero-order chi connectivity index (χ0) is 23.1. The van der Waals surface area contributed by atoms with Gasteiger partial charge in [0.25, 0.3) is 0 Å². The summed E-state index contributed by atoms with van der Waals surface area (Å²) in [6.45, 7) is 1.32. The third-order valence-electron chi connectivity index (χ3n) is 4.47. The highest BCUT2D eigenvalue weighted by molar-refractivity contribution is 6.42. The van der Waals surface area contributed by atoms with E-state index in [0.717, 1.165) is 6.07 Å². The van der Waals surface area contributed by atoms with Crippen molar-refractivity contribution in [2.24, 2.45) is 0 Å². The topological polar surface area (TPSA) is 77.1 Å². The van der Waals surface area contributed by atoms with Gasteiger partial charge in [-0.05, 0) is 19.1 Å². The highest BCUT2D eigenvalue weighted by Crippen LogP contribution is 2.33. The van der Waals surface area contributed by atoms with Crippen LogP contribution in [-0.2, 0) is 19.3 Å². The normalized spacial score (nSPS) is 11.7. The van der Waals surface area contributed by atoms with Gasteiger partial charge in [0.1, 0.15) is 11.3 Å². The first-order valence-electron chi connectivity index (χ1n) is 8.70. The average molecular weight is 495 g/mol. The maximum absolute atomic E-state index is 13.3. The first-order valence-corrected chi connectivity index (χ1v) is 9.83. The molecule has 0 fully saturated rings. The smallest absolute Gasteiger partial charge is 0.433 e. The van der Waals surface area contributed by atoms with Crippen LogP contribution >= 0.6 is 34.8 Å². The molecular weight excluding hydrogens is 482 g/mol. The lowest BCUT2D eigenvalue weighted by atomic mass is 10.0. The number of carbonyl (C=O) groups is 1. The molecule has 0 saturated carbocycles. The summed E-state index contributed by atoms with van der Waals surface area (Å²) in [5, 5.41) is 13.2. The Balaban J connectivity index is 2.29. The number of rotatable bonds is 5. The van der Waals surface area contributed by atoms with Crippen molar-refractivity contribution in [3.8, 4) is 11.3 Å². The molecule has 164 valence electrons. The zero-order valence-electron chi connectivity index (χ0n) is 15.7. The third kappa shape index (κ3) is 4.58. The molecule has 0 aliphatic heterocycles. The van der Waals surface area contributed by atoms with Crippen molar-refractivity contribution in [3.63, 3.8) is 0 Å². The first kappa shape index (κ1) is 23.2. The second-order valence-electron chi connectivity index (χ2n) is 6.41. The van der Waals surface area contributed by atoms with Gasteiger partial charge in [-0.1, -0.05) is 40.9 Å². The number of benzene rings is 1. The summed E-state index contributed by atoms with van der Waals surface area (Å²) in [4.78, 5) is 24.5. The fraction of sp³-hybridized carbons (Fsp3) is 0.211. The number of alkyl halides is 3. The minimum Gasteiger partial charge on any atom is -0.477 e. The lowest BCUT2D eigenvalue weighted by Gasteiger charge is -2.21. The van der Waals surface area contributed by atoms with E-state index in [1.165, 1.54) is 22.8 Å². The molecule has 0 spiro atoms. The molecule has 0 bridgehead atoms. The second kappa shape index (κ2) is 8.57. The van der Waals surface area contributed by atoms with Gasteiger partial charge in [0.2, 0.25) is 0 Å². The minimum absolute atomic E-state index is 0.0112. The van der Waals surface area contributed by atoms with Crippen LogP contribution in [0.5, 0.6) is 0 Å². The molecule has 0 aliphatic carbocycles.